The summed E-state index contributed by atoms with van der Waals surface area (Å²) in [5.74, 6) is 1.97. The Morgan fingerprint density at radius 1 is 1.39 bits per heavy atom. The van der Waals surface area contributed by atoms with E-state index in [0.717, 1.165) is 42.2 Å². The number of rotatable bonds is 3. The zero-order valence-corrected chi connectivity index (χ0v) is 14.5. The van der Waals surface area contributed by atoms with E-state index >= 15 is 0 Å². The van der Waals surface area contributed by atoms with Gasteiger partial charge in [0.15, 0.2) is 5.82 Å². The molecule has 0 aliphatic carbocycles. The Kier molecular flexibility index (Phi) is 5.16. The van der Waals surface area contributed by atoms with Crippen molar-refractivity contribution in [3.05, 3.63) is 34.8 Å². The number of amides is 1. The maximum Gasteiger partial charge on any atom is 0.255 e. The molecule has 1 saturated heterocycles. The number of halogens is 1. The van der Waals surface area contributed by atoms with Crippen molar-refractivity contribution < 1.29 is 9.32 Å². The van der Waals surface area contributed by atoms with Crippen LogP contribution in [-0.4, -0.2) is 40.2 Å². The van der Waals surface area contributed by atoms with Crippen LogP contribution in [0.4, 0.5) is 0 Å². The Morgan fingerprint density at radius 2 is 2.13 bits per heavy atom. The van der Waals surface area contributed by atoms with E-state index in [2.05, 4.69) is 5.16 Å². The molecule has 1 unspecified atom stereocenters. The molecule has 0 radical (unpaired) electrons. The van der Waals surface area contributed by atoms with Gasteiger partial charge in [-0.25, -0.2) is 0 Å². The summed E-state index contributed by atoms with van der Waals surface area (Å²) >= 11 is 0. The highest BCUT2D eigenvalue weighted by atomic mass is 35.5. The predicted octanol–water partition coefficient (Wildman–Crippen LogP) is 2.23. The van der Waals surface area contributed by atoms with Crippen LogP contribution in [0.15, 0.2) is 16.7 Å². The number of hydrogen-bond acceptors (Lipinski definition) is 4. The summed E-state index contributed by atoms with van der Waals surface area (Å²) in [6, 6.07) is 3.80. The molecule has 3 heterocycles. The van der Waals surface area contributed by atoms with Gasteiger partial charge < -0.3 is 15.2 Å². The summed E-state index contributed by atoms with van der Waals surface area (Å²) in [5, 5.41) is 4.05. The normalized spacial score (nSPS) is 17.4. The molecule has 2 N–H and O–H groups in total. The van der Waals surface area contributed by atoms with Gasteiger partial charge in [0.2, 0.25) is 0 Å². The summed E-state index contributed by atoms with van der Waals surface area (Å²) in [5.41, 5.74) is 8.31. The van der Waals surface area contributed by atoms with Crippen LogP contribution in [0.5, 0.6) is 0 Å². The van der Waals surface area contributed by atoms with E-state index in [-0.39, 0.29) is 18.3 Å². The van der Waals surface area contributed by atoms with Crippen molar-refractivity contribution in [1.29, 1.82) is 0 Å². The summed E-state index contributed by atoms with van der Waals surface area (Å²) < 4.78 is 7.11. The second-order valence-corrected chi connectivity index (χ2v) is 6.06. The van der Waals surface area contributed by atoms with E-state index in [1.165, 1.54) is 0 Å². The highest BCUT2D eigenvalue weighted by molar-refractivity contribution is 5.96. The van der Waals surface area contributed by atoms with Gasteiger partial charge in [-0.05, 0) is 45.7 Å². The van der Waals surface area contributed by atoms with Crippen LogP contribution < -0.4 is 5.73 Å². The van der Waals surface area contributed by atoms with Gasteiger partial charge in [-0.15, -0.1) is 12.4 Å². The molecule has 3 rings (SSSR count). The molecule has 2 aromatic heterocycles. The molecule has 126 valence electrons. The Hall–Kier alpha value is -1.79. The number of aromatic nitrogens is 2. The number of carbonyl (C=O) groups excluding carboxylic acids is 1. The first-order chi connectivity index (χ1) is 10.5. The predicted molar refractivity (Wildman–Crippen MR) is 90.4 cm³/mol. The van der Waals surface area contributed by atoms with Gasteiger partial charge in [0, 0.05) is 30.5 Å². The highest BCUT2D eigenvalue weighted by Crippen LogP contribution is 2.24. The molecular formula is C16H23ClN4O2. The van der Waals surface area contributed by atoms with Gasteiger partial charge >= 0.3 is 0 Å². The Bertz CT molecular complexity index is 707. The van der Waals surface area contributed by atoms with Gasteiger partial charge in [-0.3, -0.25) is 9.36 Å². The standard InChI is InChI=1S/C16H22N4O2.ClH/c1-10-6-14(16(21)19-5-4-13(8-17)9-19)12(3)20(10)15-7-11(2)22-18-15;/h6-7,13H,4-5,8-9,17H2,1-3H3;1H. The molecule has 2 aromatic rings. The number of likely N-dealkylation sites (tertiary alicyclic amines) is 1. The van der Waals surface area contributed by atoms with Crippen molar-refractivity contribution in [2.75, 3.05) is 19.6 Å². The molecule has 0 bridgehead atoms. The third-order valence-electron chi connectivity index (χ3n) is 4.41. The number of hydrogen-bond donors (Lipinski definition) is 1. The van der Waals surface area contributed by atoms with Gasteiger partial charge in [0.05, 0.1) is 5.56 Å². The lowest BCUT2D eigenvalue weighted by atomic mass is 10.1. The first-order valence-corrected chi connectivity index (χ1v) is 7.63. The first-order valence-electron chi connectivity index (χ1n) is 7.63. The van der Waals surface area contributed by atoms with Crippen LogP contribution in [0.2, 0.25) is 0 Å². The molecule has 1 amide bonds. The lowest BCUT2D eigenvalue weighted by Crippen LogP contribution is -2.30. The number of nitrogens with two attached hydrogens (primary N) is 1. The van der Waals surface area contributed by atoms with E-state index < -0.39 is 0 Å². The largest absolute Gasteiger partial charge is 0.360 e. The van der Waals surface area contributed by atoms with E-state index in [9.17, 15) is 4.79 Å². The molecule has 0 saturated carbocycles. The SMILES string of the molecule is Cc1cc(-n2c(C)cc(C(=O)N3CCC(CN)C3)c2C)no1.Cl. The van der Waals surface area contributed by atoms with Gasteiger partial charge in [-0.2, -0.15) is 0 Å². The minimum atomic E-state index is 0. The van der Waals surface area contributed by atoms with Crippen molar-refractivity contribution in [1.82, 2.24) is 14.6 Å². The van der Waals surface area contributed by atoms with Crippen molar-refractivity contribution in [2.24, 2.45) is 11.7 Å². The fourth-order valence-corrected chi connectivity index (χ4v) is 3.17. The van der Waals surface area contributed by atoms with Crippen LogP contribution in [0, 0.1) is 26.7 Å². The molecular weight excluding hydrogens is 316 g/mol. The fourth-order valence-electron chi connectivity index (χ4n) is 3.17. The van der Waals surface area contributed by atoms with Gasteiger partial charge in [-0.1, -0.05) is 5.16 Å². The zero-order valence-electron chi connectivity index (χ0n) is 13.7. The Morgan fingerprint density at radius 3 is 2.70 bits per heavy atom. The molecule has 1 aliphatic rings. The maximum atomic E-state index is 12.8. The monoisotopic (exact) mass is 338 g/mol. The third kappa shape index (κ3) is 3.14. The zero-order chi connectivity index (χ0) is 15.9. The number of carbonyl (C=O) groups is 1. The van der Waals surface area contributed by atoms with Crippen LogP contribution in [0.25, 0.3) is 5.82 Å². The second-order valence-electron chi connectivity index (χ2n) is 6.06. The smallest absolute Gasteiger partial charge is 0.255 e. The number of nitrogens with zero attached hydrogens (tertiary/aromatic N) is 3. The maximum absolute atomic E-state index is 12.8. The fraction of sp³-hybridized carbons (Fsp3) is 0.500. The molecule has 0 spiro atoms. The molecule has 0 aromatic carbocycles. The van der Waals surface area contributed by atoms with Gasteiger partial charge in [0.1, 0.15) is 5.76 Å². The number of aryl methyl sites for hydroxylation is 2. The molecule has 23 heavy (non-hydrogen) atoms. The van der Waals surface area contributed by atoms with Crippen molar-refractivity contribution >= 4 is 18.3 Å². The average Bonchev–Trinajstić information content (AvgIpc) is 3.18. The average molecular weight is 339 g/mol. The quantitative estimate of drug-likeness (QED) is 0.931. The molecule has 1 aliphatic heterocycles. The van der Waals surface area contributed by atoms with Crippen LogP contribution in [0.3, 0.4) is 0 Å². The first kappa shape index (κ1) is 17.6. The molecule has 1 atom stereocenters. The summed E-state index contributed by atoms with van der Waals surface area (Å²) in [7, 11) is 0. The van der Waals surface area contributed by atoms with Gasteiger partial charge in [0.25, 0.3) is 5.91 Å². The molecule has 6 nitrogen and oxygen atoms in total. The van der Waals surface area contributed by atoms with Crippen LogP contribution >= 0.6 is 12.4 Å². The Balaban J connectivity index is 0.00000192. The van der Waals surface area contributed by atoms with Crippen molar-refractivity contribution in [2.45, 2.75) is 27.2 Å². The van der Waals surface area contributed by atoms with E-state index in [1.807, 2.05) is 42.4 Å². The Labute approximate surface area is 142 Å². The van der Waals surface area contributed by atoms with E-state index in [4.69, 9.17) is 10.3 Å². The minimum absolute atomic E-state index is 0. The minimum Gasteiger partial charge on any atom is -0.360 e. The highest BCUT2D eigenvalue weighted by Gasteiger charge is 2.28. The van der Waals surface area contributed by atoms with E-state index in [1.54, 1.807) is 0 Å². The topological polar surface area (TPSA) is 77.3 Å². The van der Waals surface area contributed by atoms with Crippen LogP contribution in [-0.2, 0) is 0 Å². The third-order valence-corrected chi connectivity index (χ3v) is 4.41. The summed E-state index contributed by atoms with van der Waals surface area (Å²) in [4.78, 5) is 14.7. The summed E-state index contributed by atoms with van der Waals surface area (Å²) in [6.07, 6.45) is 0.990. The molecule has 1 fully saturated rings. The van der Waals surface area contributed by atoms with Crippen molar-refractivity contribution in [3.8, 4) is 5.82 Å². The van der Waals surface area contributed by atoms with Crippen molar-refractivity contribution in [3.63, 3.8) is 0 Å². The van der Waals surface area contributed by atoms with E-state index in [0.29, 0.717) is 18.3 Å². The summed E-state index contributed by atoms with van der Waals surface area (Å²) in [6.45, 7) is 7.95. The lowest BCUT2D eigenvalue weighted by molar-refractivity contribution is 0.0787. The lowest BCUT2D eigenvalue weighted by Gasteiger charge is -2.16. The molecule has 7 heteroatoms. The second kappa shape index (κ2) is 6.76. The van der Waals surface area contributed by atoms with Crippen LogP contribution in [0.1, 0.15) is 33.9 Å².